The van der Waals surface area contributed by atoms with Gasteiger partial charge in [-0.15, -0.1) is 0 Å². The van der Waals surface area contributed by atoms with Crippen molar-refractivity contribution in [2.24, 2.45) is 16.7 Å². The van der Waals surface area contributed by atoms with Gasteiger partial charge in [-0.2, -0.15) is 5.10 Å². The number of para-hydroxylation sites is 1. The van der Waals surface area contributed by atoms with Gasteiger partial charge in [-0.05, 0) is 48.1 Å². The van der Waals surface area contributed by atoms with Crippen LogP contribution in [-0.4, -0.2) is 15.0 Å². The van der Waals surface area contributed by atoms with Crippen LogP contribution in [0, 0.1) is 6.92 Å². The Labute approximate surface area is 210 Å². The normalized spacial score (nSPS) is 11.7. The van der Waals surface area contributed by atoms with E-state index in [9.17, 15) is 4.79 Å². The summed E-state index contributed by atoms with van der Waals surface area (Å²) in [4.78, 5) is 13.5. The predicted molar refractivity (Wildman–Crippen MR) is 144 cm³/mol. The number of amidine groups is 1. The van der Waals surface area contributed by atoms with Crippen molar-refractivity contribution >= 4 is 17.4 Å². The standard InChI is InChI=1S/C28H30ClN5O/c1-3-4-9-22-18-34(26-19(2)8-7-12-25(26)29)28(35)33(22)17-20-13-15-21(16-14-20)23-10-5-6-11-24(23)27(30)32-31/h5-8,10-16,18H,3-4,9,17,31H2,1-2H3,(H2,30,32). The van der Waals surface area contributed by atoms with Gasteiger partial charge in [-0.3, -0.25) is 9.13 Å². The molecular formula is C28H30ClN5O. The largest absolute Gasteiger partial charge is 0.382 e. The van der Waals surface area contributed by atoms with Crippen molar-refractivity contribution < 1.29 is 0 Å². The number of hydrogen-bond donors (Lipinski definition) is 2. The monoisotopic (exact) mass is 487 g/mol. The van der Waals surface area contributed by atoms with E-state index >= 15 is 0 Å². The van der Waals surface area contributed by atoms with E-state index in [4.69, 9.17) is 23.2 Å². The number of aromatic nitrogens is 2. The Morgan fingerprint density at radius 2 is 1.77 bits per heavy atom. The molecule has 1 aromatic heterocycles. The smallest absolute Gasteiger partial charge is 0.333 e. The number of rotatable bonds is 8. The second-order valence-corrected chi connectivity index (χ2v) is 9.03. The van der Waals surface area contributed by atoms with E-state index in [0.29, 0.717) is 11.6 Å². The summed E-state index contributed by atoms with van der Waals surface area (Å²) in [5, 5.41) is 4.21. The maximum absolute atomic E-state index is 13.5. The Morgan fingerprint density at radius 3 is 2.46 bits per heavy atom. The number of halogens is 1. The van der Waals surface area contributed by atoms with Gasteiger partial charge in [-0.1, -0.05) is 85.6 Å². The molecule has 0 aliphatic carbocycles. The van der Waals surface area contributed by atoms with Gasteiger partial charge in [-0.25, -0.2) is 4.79 Å². The minimum absolute atomic E-state index is 0.0892. The quantitative estimate of drug-likeness (QED) is 0.154. The predicted octanol–water partition coefficient (Wildman–Crippen LogP) is 5.24. The first kappa shape index (κ1) is 24.4. The van der Waals surface area contributed by atoms with Gasteiger partial charge in [0.2, 0.25) is 0 Å². The minimum Gasteiger partial charge on any atom is -0.382 e. The molecule has 0 saturated carbocycles. The maximum Gasteiger partial charge on any atom is 0.333 e. The highest BCUT2D eigenvalue weighted by Crippen LogP contribution is 2.26. The Kier molecular flexibility index (Phi) is 7.42. The summed E-state index contributed by atoms with van der Waals surface area (Å²) >= 11 is 6.49. The third-order valence-electron chi connectivity index (χ3n) is 6.23. The van der Waals surface area contributed by atoms with Crippen LogP contribution in [0.2, 0.25) is 5.02 Å². The summed E-state index contributed by atoms with van der Waals surface area (Å²) in [5.41, 5.74) is 12.4. The molecule has 4 N–H and O–H groups in total. The third-order valence-corrected chi connectivity index (χ3v) is 6.53. The Balaban J connectivity index is 1.71. The van der Waals surface area contributed by atoms with Crippen LogP contribution in [0.5, 0.6) is 0 Å². The zero-order valence-electron chi connectivity index (χ0n) is 20.0. The molecule has 35 heavy (non-hydrogen) atoms. The fourth-order valence-electron chi connectivity index (χ4n) is 4.34. The van der Waals surface area contributed by atoms with Crippen LogP contribution in [0.3, 0.4) is 0 Å². The lowest BCUT2D eigenvalue weighted by Gasteiger charge is -2.11. The van der Waals surface area contributed by atoms with Crippen molar-refractivity contribution in [2.75, 3.05) is 0 Å². The van der Waals surface area contributed by atoms with E-state index in [-0.39, 0.29) is 11.5 Å². The molecule has 0 unspecified atom stereocenters. The van der Waals surface area contributed by atoms with Crippen LogP contribution >= 0.6 is 11.6 Å². The van der Waals surface area contributed by atoms with Gasteiger partial charge >= 0.3 is 5.69 Å². The zero-order chi connectivity index (χ0) is 24.9. The van der Waals surface area contributed by atoms with E-state index in [1.807, 2.05) is 84.4 Å². The topological polar surface area (TPSA) is 91.3 Å². The molecule has 0 aliphatic heterocycles. The molecule has 0 spiro atoms. The second kappa shape index (κ2) is 10.7. The molecule has 0 saturated heterocycles. The first-order valence-electron chi connectivity index (χ1n) is 11.7. The highest BCUT2D eigenvalue weighted by molar-refractivity contribution is 6.32. The lowest BCUT2D eigenvalue weighted by molar-refractivity contribution is 0.674. The van der Waals surface area contributed by atoms with Crippen LogP contribution < -0.4 is 17.3 Å². The van der Waals surface area contributed by atoms with Gasteiger partial charge < -0.3 is 11.6 Å². The van der Waals surface area contributed by atoms with E-state index in [1.54, 1.807) is 4.57 Å². The van der Waals surface area contributed by atoms with Crippen molar-refractivity contribution in [3.8, 4) is 16.8 Å². The lowest BCUT2D eigenvalue weighted by Crippen LogP contribution is -2.25. The molecule has 4 aromatic rings. The third kappa shape index (κ3) is 5.03. The molecular weight excluding hydrogens is 458 g/mol. The summed E-state index contributed by atoms with van der Waals surface area (Å²) in [6.07, 6.45) is 4.82. The molecule has 4 rings (SSSR count). The molecule has 0 fully saturated rings. The summed E-state index contributed by atoms with van der Waals surface area (Å²) < 4.78 is 3.53. The molecule has 7 heteroatoms. The fourth-order valence-corrected chi connectivity index (χ4v) is 4.65. The van der Waals surface area contributed by atoms with Crippen molar-refractivity contribution in [3.05, 3.63) is 111 Å². The van der Waals surface area contributed by atoms with E-state index in [1.165, 1.54) is 0 Å². The SMILES string of the molecule is CCCCc1cn(-c2c(C)cccc2Cl)c(=O)n1Cc1ccc(-c2ccccc2/C(N)=N/N)cc1. The van der Waals surface area contributed by atoms with Crippen LogP contribution in [0.1, 0.15) is 42.1 Å². The second-order valence-electron chi connectivity index (χ2n) is 8.62. The molecule has 1 heterocycles. The Hall–Kier alpha value is -3.77. The van der Waals surface area contributed by atoms with Crippen molar-refractivity contribution in [1.82, 2.24) is 9.13 Å². The maximum atomic E-state index is 13.5. The summed E-state index contributed by atoms with van der Waals surface area (Å²) in [5.74, 6) is 5.69. The lowest BCUT2D eigenvalue weighted by atomic mass is 9.98. The summed E-state index contributed by atoms with van der Waals surface area (Å²) in [6, 6.07) is 21.6. The number of hydrazone groups is 1. The van der Waals surface area contributed by atoms with Crippen LogP contribution in [0.4, 0.5) is 0 Å². The first-order chi connectivity index (χ1) is 16.9. The number of aryl methyl sites for hydroxylation is 2. The Bertz CT molecular complexity index is 1400. The molecule has 180 valence electrons. The number of nitrogens with zero attached hydrogens (tertiary/aromatic N) is 3. The first-order valence-corrected chi connectivity index (χ1v) is 12.1. The molecule has 0 aliphatic rings. The average Bonchev–Trinajstić information content (AvgIpc) is 3.17. The molecule has 6 nitrogen and oxygen atoms in total. The van der Waals surface area contributed by atoms with Gasteiger partial charge in [0.15, 0.2) is 5.84 Å². The number of nitrogens with two attached hydrogens (primary N) is 2. The van der Waals surface area contributed by atoms with Gasteiger partial charge in [0, 0.05) is 17.5 Å². The van der Waals surface area contributed by atoms with Gasteiger partial charge in [0.25, 0.3) is 0 Å². The molecule has 3 aromatic carbocycles. The van der Waals surface area contributed by atoms with Gasteiger partial charge in [0.1, 0.15) is 0 Å². The van der Waals surface area contributed by atoms with E-state index in [2.05, 4.69) is 12.0 Å². The van der Waals surface area contributed by atoms with Gasteiger partial charge in [0.05, 0.1) is 17.3 Å². The number of imidazole rings is 1. The van der Waals surface area contributed by atoms with Crippen molar-refractivity contribution in [3.63, 3.8) is 0 Å². The fraction of sp³-hybridized carbons (Fsp3) is 0.214. The molecule has 0 amide bonds. The number of benzene rings is 3. The minimum atomic E-state index is -0.0892. The van der Waals surface area contributed by atoms with Crippen molar-refractivity contribution in [2.45, 2.75) is 39.7 Å². The van der Waals surface area contributed by atoms with Crippen LogP contribution in [0.15, 0.2) is 82.8 Å². The molecule has 0 radical (unpaired) electrons. The van der Waals surface area contributed by atoms with Crippen LogP contribution in [-0.2, 0) is 13.0 Å². The van der Waals surface area contributed by atoms with Crippen molar-refractivity contribution in [1.29, 1.82) is 0 Å². The Morgan fingerprint density at radius 1 is 1.03 bits per heavy atom. The number of hydrogen-bond acceptors (Lipinski definition) is 3. The zero-order valence-corrected chi connectivity index (χ0v) is 20.8. The van der Waals surface area contributed by atoms with Crippen LogP contribution in [0.25, 0.3) is 16.8 Å². The highest BCUT2D eigenvalue weighted by atomic mass is 35.5. The molecule has 0 atom stereocenters. The average molecular weight is 488 g/mol. The van der Waals surface area contributed by atoms with E-state index in [0.717, 1.165) is 58.5 Å². The summed E-state index contributed by atoms with van der Waals surface area (Å²) in [7, 11) is 0. The van der Waals surface area contributed by atoms with E-state index < -0.39 is 0 Å². The highest BCUT2D eigenvalue weighted by Gasteiger charge is 2.16. The molecule has 0 bridgehead atoms. The summed E-state index contributed by atoms with van der Waals surface area (Å²) in [6.45, 7) is 4.59. The number of unbranched alkanes of at least 4 members (excludes halogenated alkanes) is 1.